The van der Waals surface area contributed by atoms with Crippen molar-refractivity contribution in [2.75, 3.05) is 5.32 Å². The van der Waals surface area contributed by atoms with E-state index in [1.54, 1.807) is 36.7 Å². The number of imidazole rings is 1. The normalized spacial score (nSPS) is 12.1. The first-order valence-electron chi connectivity index (χ1n) is 8.14. The number of carbonyl (C=O) groups excluding carboxylic acids is 2. The predicted octanol–water partition coefficient (Wildman–Crippen LogP) is 2.96. The number of amides is 2. The first-order chi connectivity index (χ1) is 12.0. The van der Waals surface area contributed by atoms with Gasteiger partial charge in [0.25, 0.3) is 5.91 Å². The van der Waals surface area contributed by atoms with Crippen LogP contribution in [0.3, 0.4) is 0 Å². The molecule has 1 heterocycles. The van der Waals surface area contributed by atoms with E-state index in [9.17, 15) is 9.59 Å². The van der Waals surface area contributed by atoms with Crippen molar-refractivity contribution in [3.8, 4) is 0 Å². The van der Waals surface area contributed by atoms with Gasteiger partial charge in [-0.2, -0.15) is 0 Å². The van der Waals surface area contributed by atoms with Crippen LogP contribution in [0.15, 0.2) is 54.9 Å². The quantitative estimate of drug-likeness (QED) is 0.669. The minimum Gasteiger partial charge on any atom is -0.345 e. The van der Waals surface area contributed by atoms with Crippen molar-refractivity contribution >= 4 is 28.5 Å². The van der Waals surface area contributed by atoms with E-state index in [0.29, 0.717) is 11.3 Å². The molecule has 3 aromatic rings. The molecule has 0 fully saturated rings. The average molecular weight is 336 g/mol. The highest BCUT2D eigenvalue weighted by Gasteiger charge is 2.24. The zero-order valence-corrected chi connectivity index (χ0v) is 14.1. The number of aromatic amines is 1. The van der Waals surface area contributed by atoms with Crippen LogP contribution in [0.5, 0.6) is 0 Å². The Hall–Kier alpha value is -3.15. The average Bonchev–Trinajstić information content (AvgIpc) is 3.07. The summed E-state index contributed by atoms with van der Waals surface area (Å²) in [5, 5.41) is 5.67. The molecule has 3 N–H and O–H groups in total. The lowest BCUT2D eigenvalue weighted by molar-refractivity contribution is -0.118. The minimum absolute atomic E-state index is 0.0523. The maximum atomic E-state index is 12.6. The molecule has 0 saturated heterocycles. The van der Waals surface area contributed by atoms with Crippen LogP contribution in [-0.4, -0.2) is 27.8 Å². The molecule has 0 aliphatic rings. The molecule has 0 spiro atoms. The number of hydrogen-bond acceptors (Lipinski definition) is 3. The molecular formula is C19H20N4O2. The smallest absolute Gasteiger partial charge is 0.251 e. The van der Waals surface area contributed by atoms with Gasteiger partial charge in [-0.3, -0.25) is 9.59 Å². The molecule has 2 amide bonds. The number of aromatic nitrogens is 2. The Balaban J connectivity index is 1.73. The van der Waals surface area contributed by atoms with Gasteiger partial charge >= 0.3 is 0 Å². The Morgan fingerprint density at radius 3 is 2.56 bits per heavy atom. The highest BCUT2D eigenvalue weighted by molar-refractivity contribution is 6.01. The standard InChI is InChI=1S/C19H20N4O2/c1-12(2)17(23-18(24)13-6-4-3-5-7-13)19(25)22-14-8-9-15-16(10-14)21-11-20-15/h3-12,17H,1-2H3,(H,20,21)(H,22,25)(H,23,24)/t17-/m0/s1. The molecule has 25 heavy (non-hydrogen) atoms. The Labute approximate surface area is 145 Å². The van der Waals surface area contributed by atoms with E-state index in [2.05, 4.69) is 20.6 Å². The third kappa shape index (κ3) is 3.85. The van der Waals surface area contributed by atoms with Gasteiger partial charge in [0.05, 0.1) is 17.4 Å². The number of rotatable bonds is 5. The van der Waals surface area contributed by atoms with Crippen molar-refractivity contribution in [3.05, 3.63) is 60.4 Å². The molecule has 6 nitrogen and oxygen atoms in total. The molecule has 3 rings (SSSR count). The van der Waals surface area contributed by atoms with Crippen LogP contribution in [0.4, 0.5) is 5.69 Å². The van der Waals surface area contributed by atoms with Gasteiger partial charge in [0.2, 0.25) is 5.91 Å². The molecule has 0 radical (unpaired) electrons. The first-order valence-corrected chi connectivity index (χ1v) is 8.14. The second-order valence-electron chi connectivity index (χ2n) is 6.18. The molecule has 6 heteroatoms. The molecule has 0 bridgehead atoms. The van der Waals surface area contributed by atoms with E-state index in [1.807, 2.05) is 32.0 Å². The second kappa shape index (κ2) is 7.17. The fourth-order valence-electron chi connectivity index (χ4n) is 2.58. The van der Waals surface area contributed by atoms with Crippen molar-refractivity contribution in [1.82, 2.24) is 15.3 Å². The van der Waals surface area contributed by atoms with Crippen molar-refractivity contribution in [2.45, 2.75) is 19.9 Å². The van der Waals surface area contributed by atoms with Gasteiger partial charge < -0.3 is 15.6 Å². The topological polar surface area (TPSA) is 86.9 Å². The van der Waals surface area contributed by atoms with Crippen LogP contribution < -0.4 is 10.6 Å². The fraction of sp³-hybridized carbons (Fsp3) is 0.211. The van der Waals surface area contributed by atoms with Crippen LogP contribution in [0.25, 0.3) is 11.0 Å². The summed E-state index contributed by atoms with van der Waals surface area (Å²) in [6.45, 7) is 3.79. The van der Waals surface area contributed by atoms with Crippen LogP contribution in [0.2, 0.25) is 0 Å². The number of carbonyl (C=O) groups is 2. The zero-order valence-electron chi connectivity index (χ0n) is 14.1. The SMILES string of the molecule is CC(C)[C@H](NC(=O)c1ccccc1)C(=O)Nc1ccc2nc[nH]c2c1. The largest absolute Gasteiger partial charge is 0.345 e. The molecule has 128 valence electrons. The first kappa shape index (κ1) is 16.7. The van der Waals surface area contributed by atoms with E-state index < -0.39 is 6.04 Å². The number of anilines is 1. The Kier molecular flexibility index (Phi) is 4.79. The summed E-state index contributed by atoms with van der Waals surface area (Å²) >= 11 is 0. The molecule has 0 aliphatic carbocycles. The molecule has 0 saturated carbocycles. The number of hydrogen-bond donors (Lipinski definition) is 3. The van der Waals surface area contributed by atoms with Crippen molar-refractivity contribution in [1.29, 1.82) is 0 Å². The second-order valence-corrected chi connectivity index (χ2v) is 6.18. The summed E-state index contributed by atoms with van der Waals surface area (Å²) in [5.74, 6) is -0.569. The summed E-state index contributed by atoms with van der Waals surface area (Å²) in [6, 6.07) is 13.7. The monoisotopic (exact) mass is 336 g/mol. The summed E-state index contributed by atoms with van der Waals surface area (Å²) in [5.41, 5.74) is 2.85. The summed E-state index contributed by atoms with van der Waals surface area (Å²) in [6.07, 6.45) is 1.60. The van der Waals surface area contributed by atoms with Crippen LogP contribution in [-0.2, 0) is 4.79 Å². The highest BCUT2D eigenvalue weighted by Crippen LogP contribution is 2.16. The summed E-state index contributed by atoms with van der Waals surface area (Å²) in [4.78, 5) is 32.2. The van der Waals surface area contributed by atoms with E-state index in [-0.39, 0.29) is 17.7 Å². The van der Waals surface area contributed by atoms with Gasteiger partial charge in [-0.25, -0.2) is 4.98 Å². The Morgan fingerprint density at radius 2 is 1.84 bits per heavy atom. The molecule has 0 aliphatic heterocycles. The third-order valence-corrected chi connectivity index (χ3v) is 3.96. The number of fused-ring (bicyclic) bond motifs is 1. The fourth-order valence-corrected chi connectivity index (χ4v) is 2.58. The minimum atomic E-state index is -0.634. The van der Waals surface area contributed by atoms with Crippen LogP contribution in [0, 0.1) is 5.92 Å². The van der Waals surface area contributed by atoms with Gasteiger partial charge in [0, 0.05) is 11.3 Å². The molecule has 2 aromatic carbocycles. The third-order valence-electron chi connectivity index (χ3n) is 3.96. The summed E-state index contributed by atoms with van der Waals surface area (Å²) in [7, 11) is 0. The maximum Gasteiger partial charge on any atom is 0.251 e. The lowest BCUT2D eigenvalue weighted by atomic mass is 10.0. The predicted molar refractivity (Wildman–Crippen MR) is 97.3 cm³/mol. The maximum absolute atomic E-state index is 12.6. The number of nitrogens with zero attached hydrogens (tertiary/aromatic N) is 1. The molecule has 1 atom stereocenters. The van der Waals surface area contributed by atoms with Crippen LogP contribution >= 0.6 is 0 Å². The van der Waals surface area contributed by atoms with Gasteiger partial charge in [-0.15, -0.1) is 0 Å². The Morgan fingerprint density at radius 1 is 1.08 bits per heavy atom. The van der Waals surface area contributed by atoms with Crippen molar-refractivity contribution < 1.29 is 9.59 Å². The zero-order chi connectivity index (χ0) is 17.8. The van der Waals surface area contributed by atoms with E-state index >= 15 is 0 Å². The highest BCUT2D eigenvalue weighted by atomic mass is 16.2. The lowest BCUT2D eigenvalue weighted by Crippen LogP contribution is -2.47. The number of nitrogens with one attached hydrogen (secondary N) is 3. The number of H-pyrrole nitrogens is 1. The van der Waals surface area contributed by atoms with Gasteiger partial charge in [-0.1, -0.05) is 32.0 Å². The lowest BCUT2D eigenvalue weighted by Gasteiger charge is -2.21. The summed E-state index contributed by atoms with van der Waals surface area (Å²) < 4.78 is 0. The van der Waals surface area contributed by atoms with Crippen molar-refractivity contribution in [2.24, 2.45) is 5.92 Å². The van der Waals surface area contributed by atoms with Crippen LogP contribution in [0.1, 0.15) is 24.2 Å². The molecular weight excluding hydrogens is 316 g/mol. The molecule has 1 aromatic heterocycles. The molecule has 0 unspecified atom stereocenters. The van der Waals surface area contributed by atoms with E-state index in [1.165, 1.54) is 0 Å². The Bertz CT molecular complexity index is 887. The van der Waals surface area contributed by atoms with Crippen molar-refractivity contribution in [3.63, 3.8) is 0 Å². The van der Waals surface area contributed by atoms with Gasteiger partial charge in [0.15, 0.2) is 0 Å². The van der Waals surface area contributed by atoms with E-state index in [4.69, 9.17) is 0 Å². The van der Waals surface area contributed by atoms with E-state index in [0.717, 1.165) is 11.0 Å². The van der Waals surface area contributed by atoms with Gasteiger partial charge in [0.1, 0.15) is 6.04 Å². The number of benzene rings is 2. The van der Waals surface area contributed by atoms with Gasteiger partial charge in [-0.05, 0) is 36.2 Å².